The number of carbonyl (C=O) groups is 1. The van der Waals surface area contributed by atoms with Crippen molar-refractivity contribution >= 4 is 27.3 Å². The molecule has 0 aliphatic carbocycles. The summed E-state index contributed by atoms with van der Waals surface area (Å²) < 4.78 is 12.6. The van der Waals surface area contributed by atoms with E-state index in [0.717, 1.165) is 24.3 Å². The molecule has 0 radical (unpaired) electrons. The number of methoxy groups -OCH3 is 1. The summed E-state index contributed by atoms with van der Waals surface area (Å²) in [5, 5.41) is 1.29. The van der Waals surface area contributed by atoms with Crippen LogP contribution in [-0.4, -0.2) is 37.6 Å². The Bertz CT molecular complexity index is 1370. The van der Waals surface area contributed by atoms with Gasteiger partial charge in [0.15, 0.2) is 6.61 Å². The van der Waals surface area contributed by atoms with E-state index < -0.39 is 5.91 Å². The van der Waals surface area contributed by atoms with Crippen LogP contribution in [0.15, 0.2) is 60.7 Å². The van der Waals surface area contributed by atoms with Gasteiger partial charge in [0.25, 0.3) is 5.91 Å². The monoisotopic (exact) mass is 500 g/mol. The molecule has 0 saturated carbocycles. The van der Waals surface area contributed by atoms with Crippen LogP contribution in [0.5, 0.6) is 11.5 Å². The number of benzene rings is 3. The van der Waals surface area contributed by atoms with E-state index in [2.05, 4.69) is 60.4 Å². The van der Waals surface area contributed by atoms with Gasteiger partial charge in [-0.1, -0.05) is 24.3 Å². The van der Waals surface area contributed by atoms with E-state index in [9.17, 15) is 4.79 Å². The average Bonchev–Trinajstić information content (AvgIpc) is 3.51. The first kappa shape index (κ1) is 24.3. The molecule has 6 heteroatoms. The van der Waals surface area contributed by atoms with Gasteiger partial charge >= 0.3 is 0 Å². The Labute approximate surface area is 216 Å². The van der Waals surface area contributed by atoms with Gasteiger partial charge in [-0.15, -0.1) is 11.3 Å². The Hall–Kier alpha value is -3.35. The second kappa shape index (κ2) is 10.7. The minimum Gasteiger partial charge on any atom is -0.496 e. The molecule has 1 aliphatic heterocycles. The number of ether oxygens (including phenoxy) is 2. The molecule has 0 atom stereocenters. The molecule has 1 amide bonds. The molecule has 5 nitrogen and oxygen atoms in total. The Balaban J connectivity index is 1.47. The van der Waals surface area contributed by atoms with E-state index in [4.69, 9.17) is 15.2 Å². The van der Waals surface area contributed by atoms with E-state index in [0.29, 0.717) is 5.75 Å². The summed E-state index contributed by atoms with van der Waals surface area (Å²) in [6, 6.07) is 21.3. The van der Waals surface area contributed by atoms with Crippen molar-refractivity contribution in [1.29, 1.82) is 0 Å². The largest absolute Gasteiger partial charge is 0.496 e. The third-order valence-corrected chi connectivity index (χ3v) is 8.01. The lowest BCUT2D eigenvalue weighted by molar-refractivity contribution is -0.119. The smallest absolute Gasteiger partial charge is 0.255 e. The molecule has 3 aromatic carbocycles. The highest BCUT2D eigenvalue weighted by atomic mass is 32.1. The van der Waals surface area contributed by atoms with Crippen LogP contribution in [0.25, 0.3) is 20.5 Å². The Morgan fingerprint density at radius 3 is 2.53 bits per heavy atom. The lowest BCUT2D eigenvalue weighted by Crippen LogP contribution is -2.19. The normalized spacial score (nSPS) is 13.8. The lowest BCUT2D eigenvalue weighted by Gasteiger charge is -2.18. The number of fused-ring (bicyclic) bond motifs is 1. The maximum Gasteiger partial charge on any atom is 0.255 e. The summed E-state index contributed by atoms with van der Waals surface area (Å²) in [5.74, 6) is 1.12. The Kier molecular flexibility index (Phi) is 7.25. The van der Waals surface area contributed by atoms with Gasteiger partial charge < -0.3 is 15.2 Å². The molecule has 1 aliphatic rings. The standard InChI is InChI=1S/C30H32N2O3S/c1-20-5-12-25-26(16-21-6-7-23(27(17-21)34-2)18-32-13-3-4-14-32)30(36-28(25)15-20)22-8-10-24(11-9-22)35-19-29(31)33/h5-12,15,17H,3-4,13-14,16,18-19H2,1-2H3,(H2,31,33). The van der Waals surface area contributed by atoms with Crippen LogP contribution < -0.4 is 15.2 Å². The highest BCUT2D eigenvalue weighted by Gasteiger charge is 2.18. The van der Waals surface area contributed by atoms with Crippen molar-refractivity contribution in [3.8, 4) is 21.9 Å². The predicted octanol–water partition coefficient (Wildman–Crippen LogP) is 5.94. The molecule has 36 heavy (non-hydrogen) atoms. The molecule has 186 valence electrons. The number of likely N-dealkylation sites (tertiary alicyclic amines) is 1. The second-order valence-electron chi connectivity index (χ2n) is 9.49. The average molecular weight is 501 g/mol. The summed E-state index contributed by atoms with van der Waals surface area (Å²) in [7, 11) is 1.77. The molecule has 4 aromatic rings. The number of primary amides is 1. The zero-order valence-corrected chi connectivity index (χ0v) is 21.7. The highest BCUT2D eigenvalue weighted by molar-refractivity contribution is 7.22. The van der Waals surface area contributed by atoms with Crippen LogP contribution in [0.1, 0.15) is 35.1 Å². The molecule has 0 unspecified atom stereocenters. The summed E-state index contributed by atoms with van der Waals surface area (Å²) in [4.78, 5) is 14.8. The molecule has 1 aromatic heterocycles. The Morgan fingerprint density at radius 1 is 1.03 bits per heavy atom. The van der Waals surface area contributed by atoms with Crippen LogP contribution >= 0.6 is 11.3 Å². The van der Waals surface area contributed by atoms with E-state index in [1.165, 1.54) is 63.1 Å². The third-order valence-electron chi connectivity index (χ3n) is 6.77. The topological polar surface area (TPSA) is 64.8 Å². The van der Waals surface area contributed by atoms with Crippen molar-refractivity contribution in [2.24, 2.45) is 5.73 Å². The number of thiophene rings is 1. The van der Waals surface area contributed by atoms with Gasteiger partial charge in [0.05, 0.1) is 7.11 Å². The number of hydrogen-bond donors (Lipinski definition) is 1. The molecular formula is C30H32N2O3S. The number of carbonyl (C=O) groups excluding carboxylic acids is 1. The van der Waals surface area contributed by atoms with Crippen molar-refractivity contribution in [3.63, 3.8) is 0 Å². The summed E-state index contributed by atoms with van der Waals surface area (Å²) in [6.45, 7) is 5.29. The number of nitrogens with zero attached hydrogens (tertiary/aromatic N) is 1. The van der Waals surface area contributed by atoms with Gasteiger partial charge in [0, 0.05) is 21.7 Å². The van der Waals surface area contributed by atoms with E-state index in [1.807, 2.05) is 23.5 Å². The van der Waals surface area contributed by atoms with Crippen LogP contribution in [0.4, 0.5) is 0 Å². The van der Waals surface area contributed by atoms with Gasteiger partial charge in [0.2, 0.25) is 0 Å². The fraction of sp³-hybridized carbons (Fsp3) is 0.300. The molecule has 5 rings (SSSR count). The molecule has 0 spiro atoms. The van der Waals surface area contributed by atoms with Crippen molar-refractivity contribution in [2.75, 3.05) is 26.8 Å². The molecule has 2 heterocycles. The van der Waals surface area contributed by atoms with Crippen molar-refractivity contribution in [3.05, 3.63) is 82.9 Å². The van der Waals surface area contributed by atoms with Crippen LogP contribution in [0, 0.1) is 6.92 Å². The van der Waals surface area contributed by atoms with Crippen molar-refractivity contribution in [2.45, 2.75) is 32.7 Å². The molecule has 0 bridgehead atoms. The number of amides is 1. The first-order valence-electron chi connectivity index (χ1n) is 12.4. The maximum absolute atomic E-state index is 11.0. The molecule has 1 saturated heterocycles. The van der Waals surface area contributed by atoms with Crippen molar-refractivity contribution in [1.82, 2.24) is 4.90 Å². The quantitative estimate of drug-likeness (QED) is 0.309. The van der Waals surface area contributed by atoms with Gasteiger partial charge in [-0.2, -0.15) is 0 Å². The van der Waals surface area contributed by atoms with Crippen LogP contribution in [0.2, 0.25) is 0 Å². The first-order valence-corrected chi connectivity index (χ1v) is 13.2. The van der Waals surface area contributed by atoms with E-state index in [1.54, 1.807) is 7.11 Å². The molecule has 1 fully saturated rings. The minimum atomic E-state index is -0.483. The number of aryl methyl sites for hydroxylation is 1. The van der Waals surface area contributed by atoms with Crippen LogP contribution in [0.3, 0.4) is 0 Å². The van der Waals surface area contributed by atoms with Gasteiger partial charge in [0.1, 0.15) is 11.5 Å². The van der Waals surface area contributed by atoms with Gasteiger partial charge in [-0.25, -0.2) is 0 Å². The number of hydrogen-bond acceptors (Lipinski definition) is 5. The molecular weight excluding hydrogens is 468 g/mol. The van der Waals surface area contributed by atoms with Gasteiger partial charge in [-0.3, -0.25) is 9.69 Å². The third kappa shape index (κ3) is 5.40. The van der Waals surface area contributed by atoms with Crippen LogP contribution in [-0.2, 0) is 17.8 Å². The molecule has 2 N–H and O–H groups in total. The highest BCUT2D eigenvalue weighted by Crippen LogP contribution is 2.41. The zero-order valence-electron chi connectivity index (χ0n) is 20.9. The summed E-state index contributed by atoms with van der Waals surface area (Å²) >= 11 is 1.82. The fourth-order valence-electron chi connectivity index (χ4n) is 4.94. The summed E-state index contributed by atoms with van der Waals surface area (Å²) in [6.07, 6.45) is 3.39. The SMILES string of the molecule is COc1cc(Cc2c(-c3ccc(OCC(N)=O)cc3)sc3cc(C)ccc23)ccc1CN1CCCC1. The minimum absolute atomic E-state index is 0.123. The Morgan fingerprint density at radius 2 is 1.81 bits per heavy atom. The van der Waals surface area contributed by atoms with E-state index in [-0.39, 0.29) is 6.61 Å². The maximum atomic E-state index is 11.0. The lowest BCUT2D eigenvalue weighted by atomic mass is 9.97. The van der Waals surface area contributed by atoms with Crippen molar-refractivity contribution < 1.29 is 14.3 Å². The predicted molar refractivity (Wildman–Crippen MR) is 147 cm³/mol. The first-order chi connectivity index (χ1) is 17.5. The summed E-state index contributed by atoms with van der Waals surface area (Å²) in [5.41, 5.74) is 11.4. The number of nitrogens with two attached hydrogens (primary N) is 1. The fourth-order valence-corrected chi connectivity index (χ4v) is 6.26. The van der Waals surface area contributed by atoms with Gasteiger partial charge in [-0.05, 0) is 103 Å². The second-order valence-corrected chi connectivity index (χ2v) is 10.5. The number of rotatable bonds is 9. The van der Waals surface area contributed by atoms with E-state index >= 15 is 0 Å². The zero-order chi connectivity index (χ0) is 25.1.